The fraction of sp³-hybridized carbons (Fsp3) is 0. The highest BCUT2D eigenvalue weighted by molar-refractivity contribution is 5.86. The monoisotopic (exact) mass is 298 g/mol. The molecule has 0 aliphatic carbocycles. The molecule has 23 heavy (non-hydrogen) atoms. The minimum Gasteiger partial charge on any atom is -0.319 e. The first-order chi connectivity index (χ1) is 11.3. The van der Waals surface area contributed by atoms with Gasteiger partial charge in [-0.1, -0.05) is 54.6 Å². The van der Waals surface area contributed by atoms with E-state index in [4.69, 9.17) is 0 Å². The third-order valence-electron chi connectivity index (χ3n) is 3.83. The number of rotatable bonds is 2. The van der Waals surface area contributed by atoms with Gasteiger partial charge in [0, 0.05) is 0 Å². The number of nitrogens with zero attached hydrogens (tertiary/aromatic N) is 1. The number of nitrogens with one attached hydrogen (secondary N) is 1. The van der Waals surface area contributed by atoms with Crippen molar-refractivity contribution in [1.29, 1.82) is 0 Å². The molecule has 0 spiro atoms. The average Bonchev–Trinajstić information content (AvgIpc) is 2.59. The van der Waals surface area contributed by atoms with Crippen LogP contribution in [0.15, 0.2) is 71.5 Å². The predicted octanol–water partition coefficient (Wildman–Crippen LogP) is 4.25. The first kappa shape index (κ1) is 13.5. The van der Waals surface area contributed by atoms with Crippen LogP contribution >= 0.6 is 0 Å². The summed E-state index contributed by atoms with van der Waals surface area (Å²) in [4.78, 5) is 19.4. The zero-order chi connectivity index (χ0) is 15.6. The van der Waals surface area contributed by atoms with Crippen LogP contribution in [0.4, 0.5) is 0 Å². The van der Waals surface area contributed by atoms with Gasteiger partial charge in [-0.05, 0) is 40.6 Å². The summed E-state index contributed by atoms with van der Waals surface area (Å²) in [5, 5.41) is 2.38. The number of H-pyrrole nitrogens is 1. The molecule has 0 atom stereocenters. The van der Waals surface area contributed by atoms with E-state index in [-0.39, 0.29) is 5.56 Å². The SMILES string of the molecule is O=c1[nH]c2ccccc2nc1/C=C/c1ccc2ccccc2c1. The van der Waals surface area contributed by atoms with Crippen LogP contribution in [0.3, 0.4) is 0 Å². The number of hydrogen-bond donors (Lipinski definition) is 1. The van der Waals surface area contributed by atoms with Crippen molar-refractivity contribution in [2.45, 2.75) is 0 Å². The molecule has 0 bridgehead atoms. The van der Waals surface area contributed by atoms with Gasteiger partial charge >= 0.3 is 0 Å². The number of aromatic nitrogens is 2. The molecule has 0 unspecified atom stereocenters. The summed E-state index contributed by atoms with van der Waals surface area (Å²) >= 11 is 0. The Labute approximate surface area is 132 Å². The van der Waals surface area contributed by atoms with Gasteiger partial charge in [0.2, 0.25) is 0 Å². The van der Waals surface area contributed by atoms with Crippen LogP contribution in [0.5, 0.6) is 0 Å². The molecule has 0 saturated carbocycles. The second-order valence-electron chi connectivity index (χ2n) is 5.41. The Balaban J connectivity index is 1.74. The lowest BCUT2D eigenvalue weighted by Gasteiger charge is -2.00. The molecule has 1 heterocycles. The van der Waals surface area contributed by atoms with Gasteiger partial charge in [0.15, 0.2) is 0 Å². The quantitative estimate of drug-likeness (QED) is 0.601. The van der Waals surface area contributed by atoms with Crippen LogP contribution in [-0.4, -0.2) is 9.97 Å². The van der Waals surface area contributed by atoms with Crippen molar-refractivity contribution in [1.82, 2.24) is 9.97 Å². The maximum absolute atomic E-state index is 12.1. The van der Waals surface area contributed by atoms with E-state index in [9.17, 15) is 4.79 Å². The van der Waals surface area contributed by atoms with Crippen LogP contribution in [-0.2, 0) is 0 Å². The number of aromatic amines is 1. The van der Waals surface area contributed by atoms with Gasteiger partial charge in [0.05, 0.1) is 11.0 Å². The second kappa shape index (κ2) is 5.54. The molecule has 0 aliphatic rings. The fourth-order valence-electron chi connectivity index (χ4n) is 2.64. The average molecular weight is 298 g/mol. The maximum Gasteiger partial charge on any atom is 0.274 e. The van der Waals surface area contributed by atoms with Crippen LogP contribution in [0.25, 0.3) is 34.0 Å². The van der Waals surface area contributed by atoms with Gasteiger partial charge < -0.3 is 4.98 Å². The van der Waals surface area contributed by atoms with E-state index in [2.05, 4.69) is 34.2 Å². The van der Waals surface area contributed by atoms with E-state index in [1.165, 1.54) is 10.8 Å². The first-order valence-electron chi connectivity index (χ1n) is 7.45. The second-order valence-corrected chi connectivity index (χ2v) is 5.41. The largest absolute Gasteiger partial charge is 0.319 e. The van der Waals surface area contributed by atoms with E-state index in [1.807, 2.05) is 48.5 Å². The number of fused-ring (bicyclic) bond motifs is 2. The summed E-state index contributed by atoms with van der Waals surface area (Å²) in [6.07, 6.45) is 3.67. The predicted molar refractivity (Wildman–Crippen MR) is 95.2 cm³/mol. The molecular weight excluding hydrogens is 284 g/mol. The molecule has 1 N–H and O–H groups in total. The molecule has 4 rings (SSSR count). The zero-order valence-corrected chi connectivity index (χ0v) is 12.4. The van der Waals surface area contributed by atoms with Crippen molar-refractivity contribution in [3.05, 3.63) is 88.3 Å². The summed E-state index contributed by atoms with van der Waals surface area (Å²) in [7, 11) is 0. The molecule has 1 aromatic heterocycles. The molecule has 3 nitrogen and oxygen atoms in total. The molecule has 3 aromatic carbocycles. The van der Waals surface area contributed by atoms with Crippen LogP contribution < -0.4 is 5.56 Å². The Bertz CT molecular complexity index is 1090. The van der Waals surface area contributed by atoms with E-state index >= 15 is 0 Å². The third kappa shape index (κ3) is 2.64. The lowest BCUT2D eigenvalue weighted by atomic mass is 10.1. The molecule has 0 aliphatic heterocycles. The van der Waals surface area contributed by atoms with Gasteiger partial charge in [-0.2, -0.15) is 0 Å². The van der Waals surface area contributed by atoms with E-state index < -0.39 is 0 Å². The number of para-hydroxylation sites is 2. The van der Waals surface area contributed by atoms with Gasteiger partial charge in [0.1, 0.15) is 5.69 Å². The molecule has 0 amide bonds. The summed E-state index contributed by atoms with van der Waals surface area (Å²) in [5.74, 6) is 0. The molecule has 0 fully saturated rings. The molecule has 3 heteroatoms. The van der Waals surface area contributed by atoms with Crippen molar-refractivity contribution in [2.75, 3.05) is 0 Å². The van der Waals surface area contributed by atoms with E-state index in [0.29, 0.717) is 5.69 Å². The molecular formula is C20H14N2O. The summed E-state index contributed by atoms with van der Waals surface area (Å²) in [6.45, 7) is 0. The van der Waals surface area contributed by atoms with Gasteiger partial charge in [-0.25, -0.2) is 4.98 Å². The highest BCUT2D eigenvalue weighted by Gasteiger charge is 2.01. The van der Waals surface area contributed by atoms with Crippen LogP contribution in [0.2, 0.25) is 0 Å². The molecule has 0 saturated heterocycles. The standard InChI is InChI=1S/C20H14N2O/c23-20-19(21-17-7-3-4-8-18(17)22-20)12-10-14-9-11-15-5-1-2-6-16(15)13-14/h1-13H,(H,22,23)/b12-10+. The lowest BCUT2D eigenvalue weighted by molar-refractivity contribution is 1.19. The molecule has 4 aromatic rings. The van der Waals surface area contributed by atoms with E-state index in [1.54, 1.807) is 6.08 Å². The summed E-state index contributed by atoms with van der Waals surface area (Å²) < 4.78 is 0. The zero-order valence-electron chi connectivity index (χ0n) is 12.4. The smallest absolute Gasteiger partial charge is 0.274 e. The van der Waals surface area contributed by atoms with Crippen molar-refractivity contribution >= 4 is 34.0 Å². The van der Waals surface area contributed by atoms with Crippen LogP contribution in [0, 0.1) is 0 Å². The maximum atomic E-state index is 12.1. The topological polar surface area (TPSA) is 45.8 Å². The van der Waals surface area contributed by atoms with Crippen molar-refractivity contribution in [3.8, 4) is 0 Å². The minimum atomic E-state index is -0.180. The fourth-order valence-corrected chi connectivity index (χ4v) is 2.64. The van der Waals surface area contributed by atoms with Crippen LogP contribution in [0.1, 0.15) is 11.3 Å². The normalized spacial score (nSPS) is 11.5. The number of hydrogen-bond acceptors (Lipinski definition) is 2. The van der Waals surface area contributed by atoms with E-state index in [0.717, 1.165) is 16.6 Å². The Morgan fingerprint density at radius 1 is 0.826 bits per heavy atom. The lowest BCUT2D eigenvalue weighted by Crippen LogP contribution is -2.11. The summed E-state index contributed by atoms with van der Waals surface area (Å²) in [5.41, 5.74) is 2.81. The van der Waals surface area contributed by atoms with Crippen molar-refractivity contribution in [2.24, 2.45) is 0 Å². The van der Waals surface area contributed by atoms with Gasteiger partial charge in [-0.15, -0.1) is 0 Å². The Kier molecular flexibility index (Phi) is 3.24. The highest BCUT2D eigenvalue weighted by atomic mass is 16.1. The van der Waals surface area contributed by atoms with Crippen molar-refractivity contribution < 1.29 is 0 Å². The van der Waals surface area contributed by atoms with Gasteiger partial charge in [0.25, 0.3) is 5.56 Å². The number of benzene rings is 3. The molecule has 0 radical (unpaired) electrons. The minimum absolute atomic E-state index is 0.180. The molecule has 110 valence electrons. The summed E-state index contributed by atoms with van der Waals surface area (Å²) in [6, 6.07) is 21.9. The third-order valence-corrected chi connectivity index (χ3v) is 3.83. The Morgan fingerprint density at radius 2 is 1.61 bits per heavy atom. The highest BCUT2D eigenvalue weighted by Crippen LogP contribution is 2.17. The first-order valence-corrected chi connectivity index (χ1v) is 7.45. The van der Waals surface area contributed by atoms with Crippen molar-refractivity contribution in [3.63, 3.8) is 0 Å². The van der Waals surface area contributed by atoms with Gasteiger partial charge in [-0.3, -0.25) is 4.79 Å². The Morgan fingerprint density at radius 3 is 2.52 bits per heavy atom. The Hall–Kier alpha value is -3.20.